The van der Waals surface area contributed by atoms with Crippen LogP contribution in [-0.2, 0) is 55.8 Å². The quantitative estimate of drug-likeness (QED) is 0.0894. The standard InChI is InChI=1S/C35H38O11/c1-7-29(36)43-21-19-41-27-15-11-25(12-16-27)23-34(5,45-31(38)9-3)33(40)35(6,46-32(39)10-4)24-26-13-17-28(18-14-26)42-20-22-44-30(37)8-2/h7-18H,1-4,19-24H2,5-6H3. The van der Waals surface area contributed by atoms with E-state index in [0.717, 1.165) is 24.3 Å². The number of esters is 4. The molecule has 2 rings (SSSR count). The molecule has 0 spiro atoms. The molecule has 0 N–H and O–H groups in total. The number of rotatable bonds is 20. The van der Waals surface area contributed by atoms with E-state index < -0.39 is 40.9 Å². The fourth-order valence-corrected chi connectivity index (χ4v) is 4.32. The molecular formula is C35H38O11. The SMILES string of the molecule is C=CC(=O)OCCOc1ccc(CC(C)(OC(=O)C=C)C(=O)C(C)(Cc2ccc(OCCOC(=O)C=C)cc2)OC(=O)C=C)cc1. The molecule has 0 fully saturated rings. The summed E-state index contributed by atoms with van der Waals surface area (Å²) < 4.78 is 32.1. The Morgan fingerprint density at radius 3 is 1.17 bits per heavy atom. The van der Waals surface area contributed by atoms with Gasteiger partial charge in [-0.1, -0.05) is 50.6 Å². The van der Waals surface area contributed by atoms with Crippen molar-refractivity contribution < 1.29 is 52.4 Å². The first-order valence-electron chi connectivity index (χ1n) is 14.2. The van der Waals surface area contributed by atoms with Gasteiger partial charge in [0.05, 0.1) is 0 Å². The summed E-state index contributed by atoms with van der Waals surface area (Å²) in [5.41, 5.74) is -2.38. The summed E-state index contributed by atoms with van der Waals surface area (Å²) in [6.07, 6.45) is 3.83. The molecule has 2 unspecified atom stereocenters. The third-order valence-corrected chi connectivity index (χ3v) is 6.40. The first-order chi connectivity index (χ1) is 21.9. The van der Waals surface area contributed by atoms with Gasteiger partial charge in [-0.2, -0.15) is 0 Å². The van der Waals surface area contributed by atoms with E-state index in [1.165, 1.54) is 13.8 Å². The van der Waals surface area contributed by atoms with Gasteiger partial charge in [-0.3, -0.25) is 4.79 Å². The summed E-state index contributed by atoms with van der Waals surface area (Å²) in [7, 11) is 0. The highest BCUT2D eigenvalue weighted by Gasteiger charge is 2.50. The largest absolute Gasteiger partial charge is 0.490 e. The predicted octanol–water partition coefficient (Wildman–Crippen LogP) is 4.23. The Morgan fingerprint density at radius 1 is 0.543 bits per heavy atom. The van der Waals surface area contributed by atoms with Crippen molar-refractivity contribution in [3.8, 4) is 11.5 Å². The van der Waals surface area contributed by atoms with Crippen molar-refractivity contribution in [3.63, 3.8) is 0 Å². The minimum Gasteiger partial charge on any atom is -0.490 e. The highest BCUT2D eigenvalue weighted by molar-refractivity contribution is 5.99. The van der Waals surface area contributed by atoms with Crippen LogP contribution in [-0.4, -0.2) is 67.3 Å². The van der Waals surface area contributed by atoms with Crippen molar-refractivity contribution in [2.75, 3.05) is 26.4 Å². The van der Waals surface area contributed by atoms with Crippen molar-refractivity contribution in [1.29, 1.82) is 0 Å². The molecule has 46 heavy (non-hydrogen) atoms. The van der Waals surface area contributed by atoms with Crippen LogP contribution in [0.2, 0.25) is 0 Å². The van der Waals surface area contributed by atoms with Gasteiger partial charge in [0.1, 0.15) is 37.9 Å². The maximum Gasteiger partial charge on any atom is 0.331 e. The zero-order valence-electron chi connectivity index (χ0n) is 26.0. The third kappa shape index (κ3) is 11.6. The van der Waals surface area contributed by atoms with Crippen LogP contribution in [0.4, 0.5) is 0 Å². The van der Waals surface area contributed by atoms with Crippen molar-refractivity contribution in [3.05, 3.63) is 110 Å². The van der Waals surface area contributed by atoms with Crippen LogP contribution in [0.5, 0.6) is 11.5 Å². The number of carbonyl (C=O) groups is 5. The van der Waals surface area contributed by atoms with Gasteiger partial charge in [0.25, 0.3) is 0 Å². The predicted molar refractivity (Wildman–Crippen MR) is 168 cm³/mol. The van der Waals surface area contributed by atoms with Gasteiger partial charge in [-0.05, 0) is 49.2 Å². The summed E-state index contributed by atoms with van der Waals surface area (Å²) in [4.78, 5) is 61.5. The van der Waals surface area contributed by atoms with E-state index in [-0.39, 0.29) is 39.3 Å². The molecule has 2 aromatic carbocycles. The van der Waals surface area contributed by atoms with Crippen LogP contribution in [0, 0.1) is 0 Å². The summed E-state index contributed by atoms with van der Waals surface area (Å²) in [5.74, 6) is -2.54. The Hall–Kier alpha value is -5.45. The van der Waals surface area contributed by atoms with Crippen molar-refractivity contribution in [1.82, 2.24) is 0 Å². The maximum atomic E-state index is 14.3. The van der Waals surface area contributed by atoms with Gasteiger partial charge in [0.15, 0.2) is 11.2 Å². The van der Waals surface area contributed by atoms with Gasteiger partial charge in [0.2, 0.25) is 5.78 Å². The lowest BCUT2D eigenvalue weighted by Gasteiger charge is -2.37. The highest BCUT2D eigenvalue weighted by Crippen LogP contribution is 2.31. The first kappa shape index (κ1) is 36.7. The lowest BCUT2D eigenvalue weighted by molar-refractivity contribution is -0.178. The van der Waals surface area contributed by atoms with Gasteiger partial charge in [-0.15, -0.1) is 0 Å². The summed E-state index contributed by atoms with van der Waals surface area (Å²) in [6.45, 7) is 16.7. The maximum absolute atomic E-state index is 14.3. The molecule has 11 heteroatoms. The Balaban J connectivity index is 2.27. The third-order valence-electron chi connectivity index (χ3n) is 6.40. The van der Waals surface area contributed by atoms with Crippen molar-refractivity contribution >= 4 is 29.7 Å². The Labute approximate surface area is 268 Å². The molecule has 0 heterocycles. The second kappa shape index (κ2) is 17.7. The molecule has 244 valence electrons. The van der Waals surface area contributed by atoms with Crippen LogP contribution in [0.3, 0.4) is 0 Å². The zero-order chi connectivity index (χ0) is 34.2. The van der Waals surface area contributed by atoms with E-state index in [2.05, 4.69) is 26.3 Å². The van der Waals surface area contributed by atoms with Gasteiger partial charge in [0, 0.05) is 37.1 Å². The molecule has 0 bridgehead atoms. The molecular weight excluding hydrogens is 596 g/mol. The molecule has 0 saturated carbocycles. The molecule has 0 saturated heterocycles. The molecule has 2 atom stereocenters. The van der Waals surface area contributed by atoms with Gasteiger partial charge >= 0.3 is 23.9 Å². The van der Waals surface area contributed by atoms with Crippen molar-refractivity contribution in [2.24, 2.45) is 0 Å². The minimum absolute atomic E-state index is 0.0294. The number of carbonyl (C=O) groups excluding carboxylic acids is 5. The number of hydrogen-bond acceptors (Lipinski definition) is 11. The fraction of sp³-hybridized carbons (Fsp3) is 0.286. The van der Waals surface area contributed by atoms with Crippen LogP contribution in [0.25, 0.3) is 0 Å². The monoisotopic (exact) mass is 634 g/mol. The zero-order valence-corrected chi connectivity index (χ0v) is 26.0. The lowest BCUT2D eigenvalue weighted by Crippen LogP contribution is -2.56. The van der Waals surface area contributed by atoms with Crippen LogP contribution < -0.4 is 9.47 Å². The Kier molecular flexibility index (Phi) is 14.2. The van der Waals surface area contributed by atoms with E-state index in [1.54, 1.807) is 48.5 Å². The van der Waals surface area contributed by atoms with E-state index in [1.807, 2.05) is 0 Å². The number of Topliss-reactive ketones (excluding diaryl/α,β-unsaturated/α-hetero) is 1. The average Bonchev–Trinajstić information content (AvgIpc) is 3.05. The van der Waals surface area contributed by atoms with E-state index in [0.29, 0.717) is 22.6 Å². The molecule has 0 radical (unpaired) electrons. The molecule has 0 aromatic heterocycles. The van der Waals surface area contributed by atoms with E-state index >= 15 is 0 Å². The van der Waals surface area contributed by atoms with Crippen LogP contribution in [0.15, 0.2) is 99.2 Å². The van der Waals surface area contributed by atoms with Crippen molar-refractivity contribution in [2.45, 2.75) is 37.9 Å². The van der Waals surface area contributed by atoms with Gasteiger partial charge < -0.3 is 28.4 Å². The van der Waals surface area contributed by atoms with Crippen LogP contribution >= 0.6 is 0 Å². The lowest BCUT2D eigenvalue weighted by atomic mass is 9.80. The molecule has 0 aliphatic rings. The normalized spacial score (nSPS) is 12.9. The number of hydrogen-bond donors (Lipinski definition) is 0. The molecule has 0 aliphatic carbocycles. The second-order valence-corrected chi connectivity index (χ2v) is 10.1. The van der Waals surface area contributed by atoms with Crippen LogP contribution in [0.1, 0.15) is 25.0 Å². The topological polar surface area (TPSA) is 141 Å². The molecule has 0 aliphatic heterocycles. The highest BCUT2D eigenvalue weighted by atomic mass is 16.6. The smallest absolute Gasteiger partial charge is 0.331 e. The van der Waals surface area contributed by atoms with Gasteiger partial charge in [-0.25, -0.2) is 19.2 Å². The Bertz CT molecular complexity index is 1320. The number of benzene rings is 2. The number of ketones is 1. The first-order valence-corrected chi connectivity index (χ1v) is 14.2. The number of ether oxygens (including phenoxy) is 6. The summed E-state index contributed by atoms with van der Waals surface area (Å²) in [5, 5.41) is 0. The summed E-state index contributed by atoms with van der Waals surface area (Å²) in [6, 6.07) is 13.3. The van der Waals surface area contributed by atoms with E-state index in [9.17, 15) is 24.0 Å². The fourth-order valence-electron chi connectivity index (χ4n) is 4.32. The molecule has 0 amide bonds. The molecule has 11 nitrogen and oxygen atoms in total. The second-order valence-electron chi connectivity index (χ2n) is 10.1. The Morgan fingerprint density at radius 2 is 0.870 bits per heavy atom. The average molecular weight is 635 g/mol. The minimum atomic E-state index is -1.80. The van der Waals surface area contributed by atoms with E-state index in [4.69, 9.17) is 28.4 Å². The molecule has 2 aromatic rings. The summed E-state index contributed by atoms with van der Waals surface area (Å²) >= 11 is 0.